The molecule has 2 aliphatic heterocycles. The van der Waals surface area contributed by atoms with E-state index in [0.29, 0.717) is 36.6 Å². The van der Waals surface area contributed by atoms with Gasteiger partial charge in [0.15, 0.2) is 6.23 Å². The van der Waals surface area contributed by atoms with Crippen LogP contribution in [0, 0.1) is 0 Å². The molecule has 0 radical (unpaired) electrons. The number of carbonyl (C=O) groups excluding carboxylic acids is 1. The summed E-state index contributed by atoms with van der Waals surface area (Å²) >= 11 is 0. The lowest BCUT2D eigenvalue weighted by Gasteiger charge is -2.36. The number of piperazine rings is 1. The van der Waals surface area contributed by atoms with Crippen molar-refractivity contribution in [2.75, 3.05) is 50.8 Å². The van der Waals surface area contributed by atoms with Crippen LogP contribution < -0.4 is 9.64 Å². The number of unbranched alkanes of at least 4 members (excludes halogenated alkanes) is 2. The van der Waals surface area contributed by atoms with Gasteiger partial charge in [-0.3, -0.25) is 9.69 Å². The van der Waals surface area contributed by atoms with E-state index in [1.807, 2.05) is 4.90 Å². The van der Waals surface area contributed by atoms with Gasteiger partial charge < -0.3 is 19.6 Å². The fourth-order valence-electron chi connectivity index (χ4n) is 4.47. The van der Waals surface area contributed by atoms with Gasteiger partial charge in [-0.05, 0) is 49.7 Å². The molecule has 4 rings (SSSR count). The monoisotopic (exact) mass is 477 g/mol. The smallest absolute Gasteiger partial charge is 0.416 e. The van der Waals surface area contributed by atoms with Gasteiger partial charge >= 0.3 is 6.18 Å². The van der Waals surface area contributed by atoms with Gasteiger partial charge in [0.05, 0.1) is 11.1 Å². The zero-order valence-corrected chi connectivity index (χ0v) is 19.0. The Morgan fingerprint density at radius 1 is 0.941 bits per heavy atom. The van der Waals surface area contributed by atoms with Crippen molar-refractivity contribution in [3.05, 3.63) is 59.7 Å². The Labute approximate surface area is 197 Å². The molecule has 0 aromatic heterocycles. The molecule has 34 heavy (non-hydrogen) atoms. The number of aliphatic hydroxyl groups is 1. The zero-order chi connectivity index (χ0) is 24.1. The molecule has 1 fully saturated rings. The molecule has 6 nitrogen and oxygen atoms in total. The van der Waals surface area contributed by atoms with E-state index in [9.17, 15) is 23.1 Å². The molecule has 2 aromatic rings. The largest absolute Gasteiger partial charge is 0.488 e. The molecule has 1 amide bonds. The lowest BCUT2D eigenvalue weighted by Crippen LogP contribution is -2.46. The van der Waals surface area contributed by atoms with Gasteiger partial charge in [-0.25, -0.2) is 0 Å². The van der Waals surface area contributed by atoms with Crippen molar-refractivity contribution in [2.45, 2.75) is 31.7 Å². The fraction of sp³-hybridized carbons (Fsp3) is 0.480. The van der Waals surface area contributed by atoms with Gasteiger partial charge in [0.1, 0.15) is 12.4 Å². The summed E-state index contributed by atoms with van der Waals surface area (Å²) < 4.78 is 44.5. The maximum Gasteiger partial charge on any atom is 0.416 e. The summed E-state index contributed by atoms with van der Waals surface area (Å²) in [5, 5.41) is 10.3. The highest BCUT2D eigenvalue weighted by molar-refractivity contribution is 5.97. The molecule has 184 valence electrons. The molecule has 2 aliphatic rings. The molecular weight excluding hydrogens is 447 g/mol. The Morgan fingerprint density at radius 3 is 2.44 bits per heavy atom. The van der Waals surface area contributed by atoms with Gasteiger partial charge in [-0.1, -0.05) is 24.6 Å². The molecule has 2 aromatic carbocycles. The van der Waals surface area contributed by atoms with Crippen LogP contribution in [0.2, 0.25) is 0 Å². The highest BCUT2D eigenvalue weighted by Crippen LogP contribution is 2.32. The molecule has 0 saturated carbocycles. The van der Waals surface area contributed by atoms with Crippen LogP contribution in [-0.4, -0.2) is 72.9 Å². The topological polar surface area (TPSA) is 56.3 Å². The fourth-order valence-corrected chi connectivity index (χ4v) is 4.47. The van der Waals surface area contributed by atoms with Crippen LogP contribution in [-0.2, 0) is 6.18 Å². The van der Waals surface area contributed by atoms with Crippen LogP contribution in [0.3, 0.4) is 0 Å². The molecule has 0 spiro atoms. The van der Waals surface area contributed by atoms with Crippen molar-refractivity contribution in [3.63, 3.8) is 0 Å². The molecule has 1 atom stereocenters. The van der Waals surface area contributed by atoms with E-state index >= 15 is 0 Å². The average Bonchev–Trinajstić information content (AvgIpc) is 2.95. The number of rotatable bonds is 7. The minimum atomic E-state index is -4.33. The van der Waals surface area contributed by atoms with E-state index in [2.05, 4.69) is 4.90 Å². The number of ether oxygens (including phenoxy) is 1. The van der Waals surface area contributed by atoms with Crippen LogP contribution in [0.15, 0.2) is 48.5 Å². The Hall–Kier alpha value is -2.78. The SMILES string of the molecule is O=C1c2ccccc2OCC(O)N1CCCCCN1CCN(c2cccc(C(F)(F)F)c2)CC1. The zero-order valence-electron chi connectivity index (χ0n) is 19.0. The number of carbonyl (C=O) groups is 1. The van der Waals surface area contributed by atoms with E-state index in [-0.39, 0.29) is 12.5 Å². The first-order valence-corrected chi connectivity index (χ1v) is 11.7. The Bertz CT molecular complexity index is 977. The van der Waals surface area contributed by atoms with Crippen molar-refractivity contribution in [1.82, 2.24) is 9.80 Å². The maximum absolute atomic E-state index is 13.0. The Balaban J connectivity index is 1.18. The molecule has 1 unspecified atom stereocenters. The second-order valence-electron chi connectivity index (χ2n) is 8.72. The Morgan fingerprint density at radius 2 is 1.68 bits per heavy atom. The summed E-state index contributed by atoms with van der Waals surface area (Å²) in [6, 6.07) is 12.5. The van der Waals surface area contributed by atoms with Gasteiger partial charge in [-0.2, -0.15) is 13.2 Å². The minimum Gasteiger partial charge on any atom is -0.488 e. The van der Waals surface area contributed by atoms with Crippen molar-refractivity contribution >= 4 is 11.6 Å². The normalized spacial score (nSPS) is 19.5. The van der Waals surface area contributed by atoms with Crippen molar-refractivity contribution < 1.29 is 27.8 Å². The first-order chi connectivity index (χ1) is 16.3. The van der Waals surface area contributed by atoms with Gasteiger partial charge in [-0.15, -0.1) is 0 Å². The molecule has 1 saturated heterocycles. The molecule has 0 aliphatic carbocycles. The second kappa shape index (κ2) is 10.7. The number of hydrogen-bond acceptors (Lipinski definition) is 5. The van der Waals surface area contributed by atoms with E-state index in [4.69, 9.17) is 4.74 Å². The third-order valence-corrected chi connectivity index (χ3v) is 6.41. The predicted molar refractivity (Wildman–Crippen MR) is 123 cm³/mol. The highest BCUT2D eigenvalue weighted by Gasteiger charge is 2.31. The number of benzene rings is 2. The first-order valence-electron chi connectivity index (χ1n) is 11.7. The van der Waals surface area contributed by atoms with Gasteiger partial charge in [0.2, 0.25) is 0 Å². The number of para-hydroxylation sites is 1. The summed E-state index contributed by atoms with van der Waals surface area (Å²) in [6.45, 7) is 4.39. The molecular formula is C25H30F3N3O3. The lowest BCUT2D eigenvalue weighted by atomic mass is 10.1. The van der Waals surface area contributed by atoms with Crippen molar-refractivity contribution in [1.29, 1.82) is 0 Å². The summed E-state index contributed by atoms with van der Waals surface area (Å²) in [5.74, 6) is 0.282. The highest BCUT2D eigenvalue weighted by atomic mass is 19.4. The van der Waals surface area contributed by atoms with Crippen LogP contribution in [0.5, 0.6) is 5.75 Å². The summed E-state index contributed by atoms with van der Waals surface area (Å²) in [6.07, 6.45) is -2.66. The molecule has 0 bridgehead atoms. The Kier molecular flexibility index (Phi) is 7.63. The predicted octanol–water partition coefficient (Wildman–Crippen LogP) is 3.85. The van der Waals surface area contributed by atoms with Gasteiger partial charge in [0.25, 0.3) is 5.91 Å². The van der Waals surface area contributed by atoms with E-state index < -0.39 is 18.0 Å². The average molecular weight is 478 g/mol. The van der Waals surface area contributed by atoms with Crippen LogP contribution in [0.4, 0.5) is 18.9 Å². The third-order valence-electron chi connectivity index (χ3n) is 6.41. The van der Waals surface area contributed by atoms with Crippen LogP contribution in [0.1, 0.15) is 35.2 Å². The minimum absolute atomic E-state index is 0.0545. The number of anilines is 1. The van der Waals surface area contributed by atoms with Crippen LogP contribution in [0.25, 0.3) is 0 Å². The number of fused-ring (bicyclic) bond motifs is 1. The third kappa shape index (κ3) is 5.82. The molecule has 2 heterocycles. The van der Waals surface area contributed by atoms with E-state index in [1.165, 1.54) is 17.0 Å². The van der Waals surface area contributed by atoms with Crippen LogP contribution >= 0.6 is 0 Å². The number of nitrogens with zero attached hydrogens (tertiary/aromatic N) is 3. The standard InChI is InChI=1S/C25H30F3N3O3/c26-25(27,28)19-7-6-8-20(17-19)30-15-13-29(14-16-30)11-4-1-5-12-31-23(32)18-34-22-10-3-2-9-21(22)24(31)33/h2-3,6-10,17,23,32H,1,4-5,11-16,18H2. The maximum atomic E-state index is 13.0. The van der Waals surface area contributed by atoms with Crippen molar-refractivity contribution in [3.8, 4) is 5.75 Å². The first kappa shape index (κ1) is 24.3. The number of halogens is 3. The molecule has 1 N–H and O–H groups in total. The summed E-state index contributed by atoms with van der Waals surface area (Å²) in [5.41, 5.74) is 0.467. The van der Waals surface area contributed by atoms with E-state index in [0.717, 1.165) is 45.0 Å². The lowest BCUT2D eigenvalue weighted by molar-refractivity contribution is -0.137. The number of amides is 1. The molecule has 9 heteroatoms. The number of alkyl halides is 3. The number of aliphatic hydroxyl groups excluding tert-OH is 1. The summed E-state index contributed by atoms with van der Waals surface area (Å²) in [4.78, 5) is 18.6. The number of hydrogen-bond donors (Lipinski definition) is 1. The quantitative estimate of drug-likeness (QED) is 0.614. The van der Waals surface area contributed by atoms with E-state index in [1.54, 1.807) is 30.3 Å². The van der Waals surface area contributed by atoms with Gasteiger partial charge in [0, 0.05) is 38.4 Å². The second-order valence-corrected chi connectivity index (χ2v) is 8.72. The summed E-state index contributed by atoms with van der Waals surface area (Å²) in [7, 11) is 0. The van der Waals surface area contributed by atoms with Crippen molar-refractivity contribution in [2.24, 2.45) is 0 Å².